The highest BCUT2D eigenvalue weighted by Crippen LogP contribution is 2.15. The van der Waals surface area contributed by atoms with Crippen LogP contribution in [0, 0.1) is 0 Å². The van der Waals surface area contributed by atoms with E-state index < -0.39 is 0 Å². The molecule has 0 aliphatic heterocycles. The lowest BCUT2D eigenvalue weighted by atomic mass is 10.2. The molecule has 0 radical (unpaired) electrons. The molecule has 21 heavy (non-hydrogen) atoms. The van der Waals surface area contributed by atoms with Crippen molar-refractivity contribution in [3.63, 3.8) is 0 Å². The molecular formula is C16H15N3O2. The number of anilines is 1. The second-order valence-electron chi connectivity index (χ2n) is 4.71. The van der Waals surface area contributed by atoms with E-state index in [0.29, 0.717) is 6.54 Å². The van der Waals surface area contributed by atoms with Gasteiger partial charge in [0.05, 0.1) is 5.69 Å². The zero-order valence-electron chi connectivity index (χ0n) is 11.3. The molecule has 0 fully saturated rings. The maximum atomic E-state index is 11.5. The summed E-state index contributed by atoms with van der Waals surface area (Å²) in [7, 11) is 0. The summed E-state index contributed by atoms with van der Waals surface area (Å²) in [5.41, 5.74) is 2.60. The first-order valence-corrected chi connectivity index (χ1v) is 6.60. The first-order valence-electron chi connectivity index (χ1n) is 6.60. The van der Waals surface area contributed by atoms with E-state index in [4.69, 9.17) is 0 Å². The van der Waals surface area contributed by atoms with Crippen molar-refractivity contribution >= 4 is 5.69 Å². The Morgan fingerprint density at radius 3 is 2.62 bits per heavy atom. The average Bonchev–Trinajstić information content (AvgIpc) is 2.92. The summed E-state index contributed by atoms with van der Waals surface area (Å²) in [5.74, 6) is 0.261. The summed E-state index contributed by atoms with van der Waals surface area (Å²) >= 11 is 0. The highest BCUT2D eigenvalue weighted by molar-refractivity contribution is 5.49. The van der Waals surface area contributed by atoms with Crippen LogP contribution < -0.4 is 11.0 Å². The Balaban J connectivity index is 1.70. The van der Waals surface area contributed by atoms with Crippen LogP contribution in [0.25, 0.3) is 5.69 Å². The van der Waals surface area contributed by atoms with Gasteiger partial charge in [0, 0.05) is 24.6 Å². The molecule has 0 saturated heterocycles. The molecule has 2 aromatic carbocycles. The second kappa shape index (κ2) is 5.58. The van der Waals surface area contributed by atoms with Crippen molar-refractivity contribution in [1.82, 2.24) is 9.55 Å². The molecule has 3 aromatic rings. The van der Waals surface area contributed by atoms with E-state index in [1.165, 1.54) is 0 Å². The van der Waals surface area contributed by atoms with Crippen LogP contribution in [-0.4, -0.2) is 14.7 Å². The normalized spacial score (nSPS) is 10.5. The summed E-state index contributed by atoms with van der Waals surface area (Å²) in [6.45, 7) is 0.623. The quantitative estimate of drug-likeness (QED) is 0.688. The maximum absolute atomic E-state index is 11.5. The summed E-state index contributed by atoms with van der Waals surface area (Å²) < 4.78 is 1.54. The number of aromatic hydroxyl groups is 1. The van der Waals surface area contributed by atoms with Crippen LogP contribution in [0.4, 0.5) is 5.69 Å². The molecular weight excluding hydrogens is 266 g/mol. The summed E-state index contributed by atoms with van der Waals surface area (Å²) in [4.78, 5) is 14.1. The molecule has 106 valence electrons. The van der Waals surface area contributed by atoms with Crippen molar-refractivity contribution in [1.29, 1.82) is 0 Å². The third-order valence-corrected chi connectivity index (χ3v) is 3.20. The fourth-order valence-electron chi connectivity index (χ4n) is 2.13. The number of hydrogen-bond donors (Lipinski definition) is 3. The molecule has 0 aliphatic rings. The van der Waals surface area contributed by atoms with E-state index in [1.54, 1.807) is 29.1 Å². The lowest BCUT2D eigenvalue weighted by Crippen LogP contribution is -2.13. The minimum Gasteiger partial charge on any atom is -0.508 e. The smallest absolute Gasteiger partial charge is 0.330 e. The predicted molar refractivity (Wildman–Crippen MR) is 81.8 cm³/mol. The van der Waals surface area contributed by atoms with E-state index in [1.807, 2.05) is 36.4 Å². The molecule has 0 atom stereocenters. The minimum absolute atomic E-state index is 0.157. The van der Waals surface area contributed by atoms with E-state index in [9.17, 15) is 9.90 Å². The number of phenols is 1. The molecule has 5 heteroatoms. The van der Waals surface area contributed by atoms with Gasteiger partial charge in [0.1, 0.15) is 5.75 Å². The van der Waals surface area contributed by atoms with E-state index >= 15 is 0 Å². The molecule has 0 spiro atoms. The van der Waals surface area contributed by atoms with Gasteiger partial charge in [-0.3, -0.25) is 4.57 Å². The fourth-order valence-corrected chi connectivity index (χ4v) is 2.13. The predicted octanol–water partition coefficient (Wildman–Crippen LogP) is 2.48. The molecule has 0 amide bonds. The second-order valence-corrected chi connectivity index (χ2v) is 4.71. The third-order valence-electron chi connectivity index (χ3n) is 3.20. The molecule has 3 N–H and O–H groups in total. The number of benzene rings is 2. The Hall–Kier alpha value is -2.95. The third kappa shape index (κ3) is 2.97. The molecule has 0 unspecified atom stereocenters. The van der Waals surface area contributed by atoms with Crippen molar-refractivity contribution in [3.05, 3.63) is 77.0 Å². The summed E-state index contributed by atoms with van der Waals surface area (Å²) in [6, 6.07) is 14.7. The average molecular weight is 281 g/mol. The molecule has 0 saturated carbocycles. The number of rotatable bonds is 4. The zero-order valence-corrected chi connectivity index (χ0v) is 11.3. The number of imidazole rings is 1. The van der Waals surface area contributed by atoms with Gasteiger partial charge in [0.15, 0.2) is 0 Å². The number of nitrogens with one attached hydrogen (secondary N) is 2. The van der Waals surface area contributed by atoms with Crippen LogP contribution in [0.2, 0.25) is 0 Å². The molecule has 0 bridgehead atoms. The first-order chi connectivity index (χ1) is 10.2. The van der Waals surface area contributed by atoms with Gasteiger partial charge in [-0.25, -0.2) is 4.79 Å². The van der Waals surface area contributed by atoms with Gasteiger partial charge < -0.3 is 15.4 Å². The van der Waals surface area contributed by atoms with Gasteiger partial charge in [-0.05, 0) is 42.0 Å². The number of H-pyrrole nitrogens is 1. The van der Waals surface area contributed by atoms with Gasteiger partial charge >= 0.3 is 5.69 Å². The standard InChI is InChI=1S/C16H15N3O2/c20-15-3-1-2-12(10-15)11-18-13-4-6-14(7-5-13)19-9-8-17-16(19)21/h1-10,18,20H,11H2,(H,17,21). The zero-order chi connectivity index (χ0) is 14.7. The highest BCUT2D eigenvalue weighted by Gasteiger charge is 2.00. The molecule has 0 aliphatic carbocycles. The fraction of sp³-hybridized carbons (Fsp3) is 0.0625. The van der Waals surface area contributed by atoms with Crippen molar-refractivity contribution in [2.45, 2.75) is 6.54 Å². The van der Waals surface area contributed by atoms with E-state index in [-0.39, 0.29) is 11.4 Å². The Bertz CT molecular complexity index is 788. The monoisotopic (exact) mass is 281 g/mol. The minimum atomic E-state index is -0.157. The van der Waals surface area contributed by atoms with Crippen molar-refractivity contribution in [2.24, 2.45) is 0 Å². The van der Waals surface area contributed by atoms with Crippen LogP contribution in [0.1, 0.15) is 5.56 Å². The number of aromatic amines is 1. The van der Waals surface area contributed by atoms with Crippen molar-refractivity contribution in [3.8, 4) is 11.4 Å². The molecule has 1 aromatic heterocycles. The van der Waals surface area contributed by atoms with Crippen LogP contribution in [-0.2, 0) is 6.54 Å². The summed E-state index contributed by atoms with van der Waals surface area (Å²) in [6.07, 6.45) is 3.30. The van der Waals surface area contributed by atoms with Gasteiger partial charge in [0.2, 0.25) is 0 Å². The summed E-state index contributed by atoms with van der Waals surface area (Å²) in [5, 5.41) is 12.7. The molecule has 5 nitrogen and oxygen atoms in total. The SMILES string of the molecule is O=c1[nH]ccn1-c1ccc(NCc2cccc(O)c2)cc1. The van der Waals surface area contributed by atoms with Crippen LogP contribution in [0.15, 0.2) is 65.7 Å². The Kier molecular flexibility index (Phi) is 3.47. The largest absolute Gasteiger partial charge is 0.508 e. The van der Waals surface area contributed by atoms with Crippen molar-refractivity contribution < 1.29 is 5.11 Å². The Morgan fingerprint density at radius 2 is 1.95 bits per heavy atom. The Morgan fingerprint density at radius 1 is 1.14 bits per heavy atom. The van der Waals surface area contributed by atoms with Crippen LogP contribution >= 0.6 is 0 Å². The number of aromatic nitrogens is 2. The number of hydrogen-bond acceptors (Lipinski definition) is 3. The Labute approximate surface area is 121 Å². The van der Waals surface area contributed by atoms with Gasteiger partial charge in [-0.15, -0.1) is 0 Å². The first kappa shape index (κ1) is 13.1. The maximum Gasteiger partial charge on any atom is 0.330 e. The lowest BCUT2D eigenvalue weighted by molar-refractivity contribution is 0.474. The number of phenolic OH excluding ortho intramolecular Hbond substituents is 1. The van der Waals surface area contributed by atoms with E-state index in [2.05, 4.69) is 10.3 Å². The molecule has 3 rings (SSSR count). The van der Waals surface area contributed by atoms with E-state index in [0.717, 1.165) is 16.9 Å². The highest BCUT2D eigenvalue weighted by atomic mass is 16.3. The van der Waals surface area contributed by atoms with Gasteiger partial charge in [-0.2, -0.15) is 0 Å². The lowest BCUT2D eigenvalue weighted by Gasteiger charge is -2.08. The van der Waals surface area contributed by atoms with Crippen molar-refractivity contribution in [2.75, 3.05) is 5.32 Å². The van der Waals surface area contributed by atoms with Gasteiger partial charge in [-0.1, -0.05) is 12.1 Å². The van der Waals surface area contributed by atoms with Crippen LogP contribution in [0.3, 0.4) is 0 Å². The topological polar surface area (TPSA) is 70.0 Å². The number of nitrogens with zero attached hydrogens (tertiary/aromatic N) is 1. The molecule has 1 heterocycles. The van der Waals surface area contributed by atoms with Gasteiger partial charge in [0.25, 0.3) is 0 Å². The van der Waals surface area contributed by atoms with Crippen LogP contribution in [0.5, 0.6) is 5.75 Å².